The van der Waals surface area contributed by atoms with Gasteiger partial charge in [0.25, 0.3) is 11.8 Å². The normalized spacial score (nSPS) is 10.1. The maximum atomic E-state index is 12.5. The third-order valence-corrected chi connectivity index (χ3v) is 4.17. The molecule has 146 valence electrons. The molecule has 0 aliphatic rings. The first-order chi connectivity index (χ1) is 14.0. The molecule has 7 heteroatoms. The van der Waals surface area contributed by atoms with Crippen LogP contribution in [0.25, 0.3) is 0 Å². The quantitative estimate of drug-likeness (QED) is 0.649. The fourth-order valence-corrected chi connectivity index (χ4v) is 2.59. The van der Waals surface area contributed by atoms with Crippen LogP contribution in [0, 0.1) is 6.92 Å². The number of amides is 2. The Balaban J connectivity index is 1.71. The van der Waals surface area contributed by atoms with E-state index in [9.17, 15) is 14.4 Å². The number of hydrogen-bond acceptors (Lipinski definition) is 5. The van der Waals surface area contributed by atoms with Gasteiger partial charge in [-0.05, 0) is 55.0 Å². The Hall–Kier alpha value is -4.00. The van der Waals surface area contributed by atoms with Crippen molar-refractivity contribution in [2.24, 2.45) is 0 Å². The van der Waals surface area contributed by atoms with Crippen molar-refractivity contribution in [3.63, 3.8) is 0 Å². The van der Waals surface area contributed by atoms with Gasteiger partial charge in [0.05, 0.1) is 12.7 Å². The third-order valence-electron chi connectivity index (χ3n) is 4.17. The Morgan fingerprint density at radius 3 is 2.03 bits per heavy atom. The van der Waals surface area contributed by atoms with Crippen LogP contribution in [0.1, 0.15) is 36.9 Å². The predicted molar refractivity (Wildman–Crippen MR) is 109 cm³/mol. The number of ether oxygens (including phenoxy) is 1. The van der Waals surface area contributed by atoms with E-state index in [4.69, 9.17) is 0 Å². The van der Waals surface area contributed by atoms with E-state index in [2.05, 4.69) is 20.4 Å². The zero-order valence-corrected chi connectivity index (χ0v) is 15.9. The zero-order chi connectivity index (χ0) is 20.8. The molecule has 0 fully saturated rings. The number of carbonyl (C=O) groups excluding carboxylic acids is 3. The number of aryl methyl sites for hydroxylation is 1. The van der Waals surface area contributed by atoms with E-state index in [0.717, 1.165) is 5.56 Å². The van der Waals surface area contributed by atoms with Crippen LogP contribution >= 0.6 is 0 Å². The molecule has 0 saturated heterocycles. The number of para-hydroxylation sites is 1. The lowest BCUT2D eigenvalue weighted by Gasteiger charge is -2.09. The lowest BCUT2D eigenvalue weighted by Crippen LogP contribution is -2.18. The van der Waals surface area contributed by atoms with Crippen molar-refractivity contribution in [1.82, 2.24) is 4.98 Å². The van der Waals surface area contributed by atoms with Crippen molar-refractivity contribution in [2.45, 2.75) is 6.92 Å². The molecule has 3 rings (SSSR count). The second kappa shape index (κ2) is 8.79. The summed E-state index contributed by atoms with van der Waals surface area (Å²) in [6, 6.07) is 18.3. The lowest BCUT2D eigenvalue weighted by atomic mass is 10.2. The van der Waals surface area contributed by atoms with Gasteiger partial charge < -0.3 is 15.4 Å². The number of rotatable bonds is 5. The Bertz CT molecular complexity index is 1060. The molecular formula is C22H19N3O4. The van der Waals surface area contributed by atoms with E-state index >= 15 is 0 Å². The van der Waals surface area contributed by atoms with Gasteiger partial charge in [-0.15, -0.1) is 0 Å². The number of pyridine rings is 1. The average molecular weight is 389 g/mol. The Kier molecular flexibility index (Phi) is 5.99. The molecule has 0 aliphatic heterocycles. The van der Waals surface area contributed by atoms with Crippen LogP contribution in [0.5, 0.6) is 0 Å². The first-order valence-electron chi connectivity index (χ1n) is 8.81. The van der Waals surface area contributed by atoms with Crippen LogP contribution in [0.2, 0.25) is 0 Å². The van der Waals surface area contributed by atoms with Gasteiger partial charge in [-0.2, -0.15) is 0 Å². The van der Waals surface area contributed by atoms with Gasteiger partial charge in [0, 0.05) is 11.4 Å². The molecule has 0 aliphatic carbocycles. The summed E-state index contributed by atoms with van der Waals surface area (Å²) < 4.78 is 4.64. The number of anilines is 2. The van der Waals surface area contributed by atoms with E-state index in [0.29, 0.717) is 16.9 Å². The standard InChI is InChI=1S/C22H19N3O4/c1-14-6-3-4-7-17(14)25-21(27)19-9-5-8-18(24-19)20(26)23-16-12-10-15(11-13-16)22(28)29-2/h3-13H,1-2H3,(H,23,26)(H,25,27). The van der Waals surface area contributed by atoms with E-state index < -0.39 is 17.8 Å². The largest absolute Gasteiger partial charge is 0.465 e. The van der Waals surface area contributed by atoms with Gasteiger partial charge in [-0.25, -0.2) is 9.78 Å². The fourth-order valence-electron chi connectivity index (χ4n) is 2.59. The van der Waals surface area contributed by atoms with E-state index in [1.54, 1.807) is 36.4 Å². The molecule has 3 aromatic rings. The third kappa shape index (κ3) is 4.84. The van der Waals surface area contributed by atoms with E-state index in [-0.39, 0.29) is 11.4 Å². The highest BCUT2D eigenvalue weighted by molar-refractivity contribution is 6.06. The zero-order valence-electron chi connectivity index (χ0n) is 15.9. The lowest BCUT2D eigenvalue weighted by molar-refractivity contribution is 0.0600. The highest BCUT2D eigenvalue weighted by Crippen LogP contribution is 2.15. The van der Waals surface area contributed by atoms with Crippen LogP contribution in [-0.4, -0.2) is 29.9 Å². The molecule has 29 heavy (non-hydrogen) atoms. The first-order valence-corrected chi connectivity index (χ1v) is 8.81. The second-order valence-corrected chi connectivity index (χ2v) is 6.20. The van der Waals surface area contributed by atoms with Crippen molar-refractivity contribution in [3.05, 3.63) is 89.2 Å². The molecule has 2 amide bonds. The van der Waals surface area contributed by atoms with E-state index in [1.165, 1.54) is 19.2 Å². The highest BCUT2D eigenvalue weighted by atomic mass is 16.5. The SMILES string of the molecule is COC(=O)c1ccc(NC(=O)c2cccc(C(=O)Nc3ccccc3C)n2)cc1. The topological polar surface area (TPSA) is 97.4 Å². The van der Waals surface area contributed by atoms with Gasteiger partial charge in [0.1, 0.15) is 11.4 Å². The molecule has 2 aromatic carbocycles. The average Bonchev–Trinajstić information content (AvgIpc) is 2.75. The summed E-state index contributed by atoms with van der Waals surface area (Å²) in [5.41, 5.74) is 2.68. The second-order valence-electron chi connectivity index (χ2n) is 6.20. The Labute approximate surface area is 167 Å². The highest BCUT2D eigenvalue weighted by Gasteiger charge is 2.14. The van der Waals surface area contributed by atoms with Gasteiger partial charge in [-0.3, -0.25) is 9.59 Å². The summed E-state index contributed by atoms with van der Waals surface area (Å²) in [6.45, 7) is 1.89. The van der Waals surface area contributed by atoms with E-state index in [1.807, 2.05) is 25.1 Å². The predicted octanol–water partition coefficient (Wildman–Crippen LogP) is 3.68. The van der Waals surface area contributed by atoms with Crippen LogP contribution < -0.4 is 10.6 Å². The summed E-state index contributed by atoms with van der Waals surface area (Å²) >= 11 is 0. The van der Waals surface area contributed by atoms with Crippen molar-refractivity contribution in [3.8, 4) is 0 Å². The Morgan fingerprint density at radius 2 is 1.41 bits per heavy atom. The minimum Gasteiger partial charge on any atom is -0.465 e. The summed E-state index contributed by atoms with van der Waals surface area (Å²) in [5.74, 6) is -1.34. The minimum atomic E-state index is -0.471. The number of hydrogen-bond donors (Lipinski definition) is 2. The molecule has 0 unspecified atom stereocenters. The van der Waals surface area contributed by atoms with Crippen LogP contribution in [0.3, 0.4) is 0 Å². The van der Waals surface area contributed by atoms with Crippen molar-refractivity contribution in [1.29, 1.82) is 0 Å². The first kappa shape index (κ1) is 19.8. The van der Waals surface area contributed by atoms with Crippen molar-refractivity contribution in [2.75, 3.05) is 17.7 Å². The smallest absolute Gasteiger partial charge is 0.337 e. The maximum absolute atomic E-state index is 12.5. The summed E-state index contributed by atoms with van der Waals surface area (Å²) in [6.07, 6.45) is 0. The number of benzene rings is 2. The maximum Gasteiger partial charge on any atom is 0.337 e. The summed E-state index contributed by atoms with van der Waals surface area (Å²) in [4.78, 5) is 40.6. The molecular weight excluding hydrogens is 370 g/mol. The summed E-state index contributed by atoms with van der Waals surface area (Å²) in [7, 11) is 1.30. The van der Waals surface area contributed by atoms with Gasteiger partial charge >= 0.3 is 5.97 Å². The monoisotopic (exact) mass is 389 g/mol. The van der Waals surface area contributed by atoms with Gasteiger partial charge in [-0.1, -0.05) is 24.3 Å². The summed E-state index contributed by atoms with van der Waals surface area (Å²) in [5, 5.41) is 5.47. The fraction of sp³-hybridized carbons (Fsp3) is 0.0909. The van der Waals surface area contributed by atoms with Crippen molar-refractivity contribution < 1.29 is 19.1 Å². The van der Waals surface area contributed by atoms with Crippen LogP contribution in [0.4, 0.5) is 11.4 Å². The molecule has 1 aromatic heterocycles. The number of nitrogens with one attached hydrogen (secondary N) is 2. The van der Waals surface area contributed by atoms with Crippen molar-refractivity contribution >= 4 is 29.2 Å². The minimum absolute atomic E-state index is 0.0967. The molecule has 0 saturated carbocycles. The number of esters is 1. The molecule has 0 atom stereocenters. The number of aromatic nitrogens is 1. The number of carbonyl (C=O) groups is 3. The molecule has 0 bridgehead atoms. The van der Waals surface area contributed by atoms with Gasteiger partial charge in [0.15, 0.2) is 0 Å². The molecule has 7 nitrogen and oxygen atoms in total. The van der Waals surface area contributed by atoms with Crippen LogP contribution in [0.15, 0.2) is 66.7 Å². The van der Waals surface area contributed by atoms with Gasteiger partial charge in [0.2, 0.25) is 0 Å². The molecule has 0 radical (unpaired) electrons. The molecule has 2 N–H and O–H groups in total. The number of nitrogens with zero attached hydrogens (tertiary/aromatic N) is 1. The molecule has 1 heterocycles. The number of methoxy groups -OCH3 is 1. The Morgan fingerprint density at radius 1 is 0.793 bits per heavy atom. The molecule has 0 spiro atoms. The van der Waals surface area contributed by atoms with Crippen LogP contribution in [-0.2, 0) is 4.74 Å².